The van der Waals surface area contributed by atoms with Crippen molar-refractivity contribution < 1.29 is 19.0 Å². The van der Waals surface area contributed by atoms with Gasteiger partial charge in [0.25, 0.3) is 5.91 Å². The molecule has 1 N–H and O–H groups in total. The van der Waals surface area contributed by atoms with Crippen LogP contribution in [0.3, 0.4) is 0 Å². The Hall–Kier alpha value is -2.69. The fourth-order valence-electron chi connectivity index (χ4n) is 2.44. The highest BCUT2D eigenvalue weighted by Crippen LogP contribution is 2.20. The number of nitrogens with one attached hydrogen (secondary N) is 1. The van der Waals surface area contributed by atoms with Crippen LogP contribution in [0.15, 0.2) is 48.5 Å². The SMILES string of the molecule is CCOc1ccc(OCC(=O)N[C@@H](CC)c2ccc(OC)cc2)cc1. The lowest BCUT2D eigenvalue weighted by molar-refractivity contribution is -0.123. The van der Waals surface area contributed by atoms with Gasteiger partial charge in [-0.1, -0.05) is 19.1 Å². The Morgan fingerprint density at radius 3 is 2.00 bits per heavy atom. The van der Waals surface area contributed by atoms with Gasteiger partial charge in [-0.3, -0.25) is 4.79 Å². The van der Waals surface area contributed by atoms with E-state index in [1.807, 2.05) is 50.2 Å². The van der Waals surface area contributed by atoms with Gasteiger partial charge in [0.05, 0.1) is 19.8 Å². The molecule has 1 atom stereocenters. The van der Waals surface area contributed by atoms with Gasteiger partial charge in [-0.05, 0) is 55.3 Å². The van der Waals surface area contributed by atoms with Crippen molar-refractivity contribution in [1.82, 2.24) is 5.32 Å². The lowest BCUT2D eigenvalue weighted by Gasteiger charge is -2.18. The summed E-state index contributed by atoms with van der Waals surface area (Å²) in [5.41, 5.74) is 1.04. The molecule has 5 heteroatoms. The number of hydrogen-bond acceptors (Lipinski definition) is 4. The summed E-state index contributed by atoms with van der Waals surface area (Å²) in [5.74, 6) is 2.06. The molecule has 134 valence electrons. The third-order valence-corrected chi connectivity index (χ3v) is 3.77. The van der Waals surface area contributed by atoms with E-state index in [4.69, 9.17) is 14.2 Å². The van der Waals surface area contributed by atoms with Crippen molar-refractivity contribution >= 4 is 5.91 Å². The molecule has 0 unspecified atom stereocenters. The molecule has 5 nitrogen and oxygen atoms in total. The molecule has 0 radical (unpaired) electrons. The Morgan fingerprint density at radius 2 is 1.48 bits per heavy atom. The minimum Gasteiger partial charge on any atom is -0.497 e. The van der Waals surface area contributed by atoms with Crippen molar-refractivity contribution in [2.24, 2.45) is 0 Å². The predicted octanol–water partition coefficient (Wildman–Crippen LogP) is 3.74. The van der Waals surface area contributed by atoms with Crippen molar-refractivity contribution in [2.45, 2.75) is 26.3 Å². The maximum absolute atomic E-state index is 12.2. The fourth-order valence-corrected chi connectivity index (χ4v) is 2.44. The summed E-state index contributed by atoms with van der Waals surface area (Å²) in [6.07, 6.45) is 0.793. The Kier molecular flexibility index (Phi) is 7.14. The molecule has 0 aliphatic rings. The summed E-state index contributed by atoms with van der Waals surface area (Å²) in [6, 6.07) is 14.9. The molecule has 2 aromatic carbocycles. The molecule has 25 heavy (non-hydrogen) atoms. The fraction of sp³-hybridized carbons (Fsp3) is 0.350. The van der Waals surface area contributed by atoms with E-state index < -0.39 is 0 Å². The van der Waals surface area contributed by atoms with Crippen LogP contribution >= 0.6 is 0 Å². The zero-order valence-corrected chi connectivity index (χ0v) is 15.0. The molecule has 1 amide bonds. The van der Waals surface area contributed by atoms with Crippen LogP contribution in [0.1, 0.15) is 31.9 Å². The van der Waals surface area contributed by atoms with E-state index in [1.54, 1.807) is 19.2 Å². The van der Waals surface area contributed by atoms with Crippen molar-refractivity contribution in [1.29, 1.82) is 0 Å². The lowest BCUT2D eigenvalue weighted by Crippen LogP contribution is -2.32. The summed E-state index contributed by atoms with van der Waals surface area (Å²) >= 11 is 0. The third-order valence-electron chi connectivity index (χ3n) is 3.77. The minimum atomic E-state index is -0.156. The maximum Gasteiger partial charge on any atom is 0.258 e. The summed E-state index contributed by atoms with van der Waals surface area (Å²) in [5, 5.41) is 2.99. The zero-order valence-electron chi connectivity index (χ0n) is 15.0. The van der Waals surface area contributed by atoms with E-state index in [0.29, 0.717) is 12.4 Å². The first-order valence-corrected chi connectivity index (χ1v) is 8.45. The molecule has 0 bridgehead atoms. The highest BCUT2D eigenvalue weighted by Gasteiger charge is 2.13. The van der Waals surface area contributed by atoms with Crippen LogP contribution in [0.25, 0.3) is 0 Å². The summed E-state index contributed by atoms with van der Waals surface area (Å²) < 4.78 is 16.1. The first kappa shape index (κ1) is 18.6. The maximum atomic E-state index is 12.2. The second kappa shape index (κ2) is 9.57. The normalized spacial score (nSPS) is 11.5. The van der Waals surface area contributed by atoms with Crippen molar-refractivity contribution in [2.75, 3.05) is 20.3 Å². The standard InChI is InChI=1S/C20H25NO4/c1-4-19(15-6-8-16(23-3)9-7-15)21-20(22)14-25-18-12-10-17(11-13-18)24-5-2/h6-13,19H,4-5,14H2,1-3H3,(H,21,22)/t19-/m0/s1. The van der Waals surface area contributed by atoms with Gasteiger partial charge < -0.3 is 19.5 Å². The van der Waals surface area contributed by atoms with E-state index in [1.165, 1.54) is 0 Å². The highest BCUT2D eigenvalue weighted by atomic mass is 16.5. The van der Waals surface area contributed by atoms with Gasteiger partial charge in [0.2, 0.25) is 0 Å². The van der Waals surface area contributed by atoms with E-state index in [9.17, 15) is 4.79 Å². The molecule has 0 saturated carbocycles. The van der Waals surface area contributed by atoms with Crippen LogP contribution < -0.4 is 19.5 Å². The number of hydrogen-bond donors (Lipinski definition) is 1. The zero-order chi connectivity index (χ0) is 18.1. The number of ether oxygens (including phenoxy) is 3. The third kappa shape index (κ3) is 5.71. The number of amides is 1. The van der Waals surface area contributed by atoms with E-state index in [0.717, 1.165) is 23.5 Å². The van der Waals surface area contributed by atoms with E-state index >= 15 is 0 Å². The number of carbonyl (C=O) groups is 1. The number of carbonyl (C=O) groups excluding carboxylic acids is 1. The summed E-state index contributed by atoms with van der Waals surface area (Å²) in [6.45, 7) is 4.55. The van der Waals surface area contributed by atoms with Crippen LogP contribution in [0, 0.1) is 0 Å². The Bertz CT molecular complexity index is 652. The first-order valence-electron chi connectivity index (χ1n) is 8.45. The molecule has 0 aromatic heterocycles. The van der Waals surface area contributed by atoms with E-state index in [2.05, 4.69) is 5.32 Å². The van der Waals surface area contributed by atoms with E-state index in [-0.39, 0.29) is 18.6 Å². The van der Waals surface area contributed by atoms with Crippen molar-refractivity contribution in [3.8, 4) is 17.2 Å². The Morgan fingerprint density at radius 1 is 0.920 bits per heavy atom. The van der Waals surface area contributed by atoms with Crippen molar-refractivity contribution in [3.63, 3.8) is 0 Å². The second-order valence-electron chi connectivity index (χ2n) is 5.49. The molecule has 0 spiro atoms. The number of rotatable bonds is 9. The Balaban J connectivity index is 1.86. The molecule has 2 aromatic rings. The second-order valence-corrected chi connectivity index (χ2v) is 5.49. The van der Waals surface area contributed by atoms with Gasteiger partial charge in [0, 0.05) is 0 Å². The van der Waals surface area contributed by atoms with Gasteiger partial charge in [-0.2, -0.15) is 0 Å². The average molecular weight is 343 g/mol. The molecular formula is C20H25NO4. The highest BCUT2D eigenvalue weighted by molar-refractivity contribution is 5.78. The van der Waals surface area contributed by atoms with Gasteiger partial charge in [0.15, 0.2) is 6.61 Å². The summed E-state index contributed by atoms with van der Waals surface area (Å²) in [7, 11) is 1.63. The molecule has 2 rings (SSSR count). The minimum absolute atomic E-state index is 0.0271. The van der Waals surface area contributed by atoms with Crippen molar-refractivity contribution in [3.05, 3.63) is 54.1 Å². The summed E-state index contributed by atoms with van der Waals surface area (Å²) in [4.78, 5) is 12.2. The van der Waals surface area contributed by atoms with Crippen LogP contribution in [-0.2, 0) is 4.79 Å². The number of benzene rings is 2. The largest absolute Gasteiger partial charge is 0.497 e. The van der Waals surface area contributed by atoms with Gasteiger partial charge >= 0.3 is 0 Å². The van der Waals surface area contributed by atoms with Gasteiger partial charge in [-0.25, -0.2) is 0 Å². The van der Waals surface area contributed by atoms with Gasteiger partial charge in [-0.15, -0.1) is 0 Å². The van der Waals surface area contributed by atoms with Crippen LogP contribution in [0.2, 0.25) is 0 Å². The average Bonchev–Trinajstić information content (AvgIpc) is 2.66. The van der Waals surface area contributed by atoms with Crippen LogP contribution in [0.4, 0.5) is 0 Å². The molecular weight excluding hydrogens is 318 g/mol. The van der Waals surface area contributed by atoms with Crippen LogP contribution in [0.5, 0.6) is 17.2 Å². The molecule has 0 fully saturated rings. The van der Waals surface area contributed by atoms with Gasteiger partial charge in [0.1, 0.15) is 17.2 Å². The molecule has 0 heterocycles. The topological polar surface area (TPSA) is 56.8 Å². The lowest BCUT2D eigenvalue weighted by atomic mass is 10.0. The number of methoxy groups -OCH3 is 1. The molecule has 0 saturated heterocycles. The first-order chi connectivity index (χ1) is 12.2. The smallest absolute Gasteiger partial charge is 0.258 e. The monoisotopic (exact) mass is 343 g/mol. The molecule has 0 aliphatic carbocycles. The quantitative estimate of drug-likeness (QED) is 0.753. The Labute approximate surface area is 148 Å². The van der Waals surface area contributed by atoms with Crippen LogP contribution in [-0.4, -0.2) is 26.2 Å². The molecule has 0 aliphatic heterocycles. The predicted molar refractivity (Wildman–Crippen MR) is 97.3 cm³/mol.